The van der Waals surface area contributed by atoms with Crippen molar-refractivity contribution in [3.05, 3.63) is 71.9 Å². The van der Waals surface area contributed by atoms with Gasteiger partial charge in [0.15, 0.2) is 0 Å². The molecule has 1 aliphatic carbocycles. The maximum absolute atomic E-state index is 4.59. The second kappa shape index (κ2) is 8.70. The number of rotatable bonds is 8. The fourth-order valence-corrected chi connectivity index (χ4v) is 3.91. The molecule has 0 amide bonds. The molecule has 0 aliphatic heterocycles. The molecule has 0 nitrogen and oxygen atoms in total. The Balaban J connectivity index is 3.60. The first-order valence-electron chi connectivity index (χ1n) is 9.70. The van der Waals surface area contributed by atoms with Gasteiger partial charge in [-0.3, -0.25) is 0 Å². The quantitative estimate of drug-likeness (QED) is 0.395. The van der Waals surface area contributed by atoms with Crippen LogP contribution in [0.5, 0.6) is 0 Å². The van der Waals surface area contributed by atoms with E-state index in [1.807, 2.05) is 6.08 Å². The molecule has 138 valence electrons. The molecule has 1 rings (SSSR count). The minimum Gasteiger partial charge on any atom is -0.0998 e. The number of allylic oxidation sites excluding steroid dienone is 9. The maximum Gasteiger partial charge on any atom is 0.0119 e. The van der Waals surface area contributed by atoms with Gasteiger partial charge < -0.3 is 0 Å². The van der Waals surface area contributed by atoms with Crippen LogP contribution in [0, 0.1) is 23.2 Å². The third kappa shape index (κ3) is 4.35. The van der Waals surface area contributed by atoms with Gasteiger partial charge >= 0.3 is 0 Å². The molecule has 0 fully saturated rings. The zero-order valence-electron chi connectivity index (χ0n) is 17.6. The van der Waals surface area contributed by atoms with E-state index in [4.69, 9.17) is 0 Å². The molecule has 0 radical (unpaired) electrons. The van der Waals surface area contributed by atoms with Crippen molar-refractivity contribution in [1.82, 2.24) is 0 Å². The van der Waals surface area contributed by atoms with Crippen LogP contribution in [-0.4, -0.2) is 0 Å². The van der Waals surface area contributed by atoms with Gasteiger partial charge in [0.1, 0.15) is 0 Å². The van der Waals surface area contributed by atoms with Gasteiger partial charge in [0, 0.05) is 11.8 Å². The van der Waals surface area contributed by atoms with Crippen LogP contribution in [0.15, 0.2) is 71.9 Å². The predicted octanol–water partition coefficient (Wildman–Crippen LogP) is 7.83. The molecule has 0 spiro atoms. The molecule has 0 aromatic rings. The van der Waals surface area contributed by atoms with Crippen molar-refractivity contribution in [1.29, 1.82) is 0 Å². The largest absolute Gasteiger partial charge is 0.0998 e. The van der Waals surface area contributed by atoms with Gasteiger partial charge in [-0.05, 0) is 48.3 Å². The Morgan fingerprint density at radius 3 is 2.32 bits per heavy atom. The highest BCUT2D eigenvalue weighted by Gasteiger charge is 2.36. The zero-order chi connectivity index (χ0) is 19.4. The molecule has 0 heteroatoms. The third-order valence-corrected chi connectivity index (χ3v) is 6.24. The fourth-order valence-electron chi connectivity index (χ4n) is 3.91. The fraction of sp³-hybridized carbons (Fsp3) is 0.520. The van der Waals surface area contributed by atoms with Gasteiger partial charge in [-0.25, -0.2) is 0 Å². The Hall–Kier alpha value is -1.56. The van der Waals surface area contributed by atoms with E-state index >= 15 is 0 Å². The number of hydrogen-bond donors (Lipinski definition) is 0. The second-order valence-electron chi connectivity index (χ2n) is 8.11. The van der Waals surface area contributed by atoms with E-state index in [0.29, 0.717) is 17.8 Å². The molecule has 3 unspecified atom stereocenters. The van der Waals surface area contributed by atoms with Crippen LogP contribution in [0.3, 0.4) is 0 Å². The molecule has 0 saturated carbocycles. The summed E-state index contributed by atoms with van der Waals surface area (Å²) in [5.41, 5.74) is 6.74. The summed E-state index contributed by atoms with van der Waals surface area (Å²) in [5, 5.41) is 0. The standard InChI is InChI=1S/C25H38/c1-11-20(12-2)23(18(7)17(5)6)24-19(8)22(25(9,10)14-4)16-15-21(24)13-3/h11,13,15-16,18,22-23H,3,5,8,12,14H2,1-2,4,6-7,9-10H3/b20-11-. The third-order valence-electron chi connectivity index (χ3n) is 6.24. The van der Waals surface area contributed by atoms with Crippen LogP contribution >= 0.6 is 0 Å². The summed E-state index contributed by atoms with van der Waals surface area (Å²) >= 11 is 0. The van der Waals surface area contributed by atoms with Crippen LogP contribution in [0.25, 0.3) is 0 Å². The van der Waals surface area contributed by atoms with Crippen LogP contribution in [0.2, 0.25) is 0 Å². The molecule has 0 aromatic heterocycles. The second-order valence-corrected chi connectivity index (χ2v) is 8.11. The highest BCUT2D eigenvalue weighted by molar-refractivity contribution is 5.54. The summed E-state index contributed by atoms with van der Waals surface area (Å²) in [4.78, 5) is 0. The molecule has 1 aliphatic rings. The van der Waals surface area contributed by atoms with Crippen LogP contribution in [-0.2, 0) is 0 Å². The molecule has 0 heterocycles. The van der Waals surface area contributed by atoms with E-state index in [1.54, 1.807) is 0 Å². The Labute approximate surface area is 156 Å². The highest BCUT2D eigenvalue weighted by Crippen LogP contribution is 2.48. The molecular weight excluding hydrogens is 300 g/mol. The Morgan fingerprint density at radius 1 is 1.32 bits per heavy atom. The van der Waals surface area contributed by atoms with Crippen molar-refractivity contribution in [2.45, 2.75) is 61.3 Å². The first-order chi connectivity index (χ1) is 11.7. The molecular formula is C25H38. The lowest BCUT2D eigenvalue weighted by Gasteiger charge is -2.40. The smallest absolute Gasteiger partial charge is 0.0119 e. The molecule has 3 atom stereocenters. The lowest BCUT2D eigenvalue weighted by Crippen LogP contribution is -2.30. The van der Waals surface area contributed by atoms with Crippen LogP contribution in [0.1, 0.15) is 61.3 Å². The van der Waals surface area contributed by atoms with Gasteiger partial charge in [0.25, 0.3) is 0 Å². The topological polar surface area (TPSA) is 0 Å². The van der Waals surface area contributed by atoms with Crippen molar-refractivity contribution in [3.63, 3.8) is 0 Å². The summed E-state index contributed by atoms with van der Waals surface area (Å²) in [6.07, 6.45) is 11.0. The summed E-state index contributed by atoms with van der Waals surface area (Å²) in [6.45, 7) is 28.7. The monoisotopic (exact) mass is 338 g/mol. The SMILES string of the molecule is C=CC1=C(C(/C(=C\C)CC)C(C)C(=C)C)C(=C)C(C(C)(C)CC)C=C1. The predicted molar refractivity (Wildman–Crippen MR) is 115 cm³/mol. The summed E-state index contributed by atoms with van der Waals surface area (Å²) in [5.74, 6) is 1.07. The Kier molecular flexibility index (Phi) is 7.47. The van der Waals surface area contributed by atoms with Crippen molar-refractivity contribution >= 4 is 0 Å². The molecule has 0 N–H and O–H groups in total. The van der Waals surface area contributed by atoms with E-state index < -0.39 is 0 Å². The lowest BCUT2D eigenvalue weighted by atomic mass is 9.64. The van der Waals surface area contributed by atoms with E-state index in [1.165, 1.54) is 27.9 Å². The number of hydrogen-bond acceptors (Lipinski definition) is 0. The summed E-state index contributed by atoms with van der Waals surface area (Å²) < 4.78 is 0. The lowest BCUT2D eigenvalue weighted by molar-refractivity contribution is 0.278. The Bertz CT molecular complexity index is 618. The normalized spacial score (nSPS) is 21.3. The molecule has 0 bridgehead atoms. The average molecular weight is 339 g/mol. The van der Waals surface area contributed by atoms with Gasteiger partial charge in [-0.1, -0.05) is 96.2 Å². The highest BCUT2D eigenvalue weighted by atomic mass is 14.4. The van der Waals surface area contributed by atoms with E-state index in [9.17, 15) is 0 Å². The van der Waals surface area contributed by atoms with E-state index in [0.717, 1.165) is 12.8 Å². The van der Waals surface area contributed by atoms with E-state index in [-0.39, 0.29) is 5.41 Å². The van der Waals surface area contributed by atoms with Crippen molar-refractivity contribution in [3.8, 4) is 0 Å². The van der Waals surface area contributed by atoms with Gasteiger partial charge in [0.2, 0.25) is 0 Å². The van der Waals surface area contributed by atoms with Crippen molar-refractivity contribution < 1.29 is 0 Å². The maximum atomic E-state index is 4.59. The van der Waals surface area contributed by atoms with Gasteiger partial charge in [-0.2, -0.15) is 0 Å². The van der Waals surface area contributed by atoms with E-state index in [2.05, 4.69) is 86.4 Å². The minimum atomic E-state index is 0.199. The molecule has 25 heavy (non-hydrogen) atoms. The van der Waals surface area contributed by atoms with Gasteiger partial charge in [-0.15, -0.1) is 0 Å². The Morgan fingerprint density at radius 2 is 1.92 bits per heavy atom. The first kappa shape index (κ1) is 21.5. The van der Waals surface area contributed by atoms with Crippen LogP contribution < -0.4 is 0 Å². The van der Waals surface area contributed by atoms with Crippen molar-refractivity contribution in [2.75, 3.05) is 0 Å². The minimum absolute atomic E-state index is 0.199. The summed E-state index contributed by atoms with van der Waals surface area (Å²) in [6, 6.07) is 0. The molecule has 0 saturated heterocycles. The molecule has 0 aromatic carbocycles. The van der Waals surface area contributed by atoms with Crippen molar-refractivity contribution in [2.24, 2.45) is 23.2 Å². The van der Waals surface area contributed by atoms with Crippen LogP contribution in [0.4, 0.5) is 0 Å². The van der Waals surface area contributed by atoms with Gasteiger partial charge in [0.05, 0.1) is 0 Å². The first-order valence-corrected chi connectivity index (χ1v) is 9.70. The summed E-state index contributed by atoms with van der Waals surface area (Å²) in [7, 11) is 0. The average Bonchev–Trinajstić information content (AvgIpc) is 2.58. The zero-order valence-corrected chi connectivity index (χ0v) is 17.6.